The fourth-order valence-corrected chi connectivity index (χ4v) is 1.84. The largest absolute Gasteiger partial charge is 0.407 e. The molecule has 0 aliphatic carbocycles. The number of nitrogens with zero attached hydrogens (tertiary/aromatic N) is 3. The molecule has 5 nitrogen and oxygen atoms in total. The van der Waals surface area contributed by atoms with Crippen LogP contribution in [-0.2, 0) is 6.54 Å². The van der Waals surface area contributed by atoms with Crippen LogP contribution in [0, 0.1) is 5.92 Å². The normalized spacial score (nSPS) is 21.0. The number of hydrogen-bond acceptors (Lipinski definition) is 5. The molecule has 0 radical (unpaired) electrons. The molecule has 0 aromatic carbocycles. The number of rotatable bonds is 4. The topological polar surface area (TPSA) is 54.2 Å². The Kier molecular flexibility index (Phi) is 3.43. The second-order valence-corrected chi connectivity index (χ2v) is 4.85. The van der Waals surface area contributed by atoms with Crippen molar-refractivity contribution in [3.63, 3.8) is 0 Å². The van der Waals surface area contributed by atoms with Gasteiger partial charge >= 0.3 is 6.01 Å². The third-order valence-electron chi connectivity index (χ3n) is 2.81. The van der Waals surface area contributed by atoms with Crippen molar-refractivity contribution in [1.29, 1.82) is 0 Å². The third-order valence-corrected chi connectivity index (χ3v) is 2.81. The van der Waals surface area contributed by atoms with E-state index < -0.39 is 0 Å². The Morgan fingerprint density at radius 1 is 1.50 bits per heavy atom. The molecule has 1 N–H and O–H groups in total. The van der Waals surface area contributed by atoms with Gasteiger partial charge in [-0.25, -0.2) is 0 Å². The summed E-state index contributed by atoms with van der Waals surface area (Å²) < 4.78 is 5.61. The second kappa shape index (κ2) is 4.82. The van der Waals surface area contributed by atoms with Crippen LogP contribution >= 0.6 is 0 Å². The van der Waals surface area contributed by atoms with E-state index in [1.165, 1.54) is 6.42 Å². The van der Waals surface area contributed by atoms with Crippen molar-refractivity contribution in [1.82, 2.24) is 15.5 Å². The highest BCUT2D eigenvalue weighted by Crippen LogP contribution is 2.21. The first kappa shape index (κ1) is 11.4. The van der Waals surface area contributed by atoms with Crippen molar-refractivity contribution in [3.05, 3.63) is 5.89 Å². The highest BCUT2D eigenvalue weighted by atomic mass is 16.4. The van der Waals surface area contributed by atoms with Crippen molar-refractivity contribution in [2.24, 2.45) is 5.92 Å². The van der Waals surface area contributed by atoms with Gasteiger partial charge in [0.2, 0.25) is 5.89 Å². The maximum Gasteiger partial charge on any atom is 0.318 e. The molecular formula is C11H20N4O. The minimum atomic E-state index is 0.433. The van der Waals surface area contributed by atoms with Crippen molar-refractivity contribution in [3.8, 4) is 0 Å². The molecule has 16 heavy (non-hydrogen) atoms. The van der Waals surface area contributed by atoms with Crippen molar-refractivity contribution in [2.45, 2.75) is 39.8 Å². The number of aromatic nitrogens is 2. The van der Waals surface area contributed by atoms with E-state index in [0.717, 1.165) is 19.0 Å². The molecule has 1 aromatic rings. The van der Waals surface area contributed by atoms with Crippen molar-refractivity contribution < 1.29 is 4.42 Å². The molecule has 0 amide bonds. The number of anilines is 1. The molecule has 1 fully saturated rings. The number of hydrogen-bond donors (Lipinski definition) is 1. The molecule has 1 aliphatic heterocycles. The molecular weight excluding hydrogens is 204 g/mol. The third kappa shape index (κ3) is 2.72. The molecule has 1 aromatic heterocycles. The molecule has 1 aliphatic rings. The standard InChI is InChI=1S/C11H20N4O/c1-8(2)12-6-10-13-14-11(16-10)15-5-4-9(3)7-15/h8-9,12H,4-7H2,1-3H3. The smallest absolute Gasteiger partial charge is 0.318 e. The van der Waals surface area contributed by atoms with Gasteiger partial charge in [-0.15, -0.1) is 5.10 Å². The van der Waals surface area contributed by atoms with Gasteiger partial charge in [0, 0.05) is 19.1 Å². The molecule has 2 heterocycles. The monoisotopic (exact) mass is 224 g/mol. The highest BCUT2D eigenvalue weighted by molar-refractivity contribution is 5.26. The number of nitrogens with one attached hydrogen (secondary N) is 1. The van der Waals surface area contributed by atoms with Crippen LogP contribution in [0.15, 0.2) is 4.42 Å². The second-order valence-electron chi connectivity index (χ2n) is 4.85. The summed E-state index contributed by atoms with van der Waals surface area (Å²) in [5, 5.41) is 11.4. The molecule has 0 spiro atoms. The lowest BCUT2D eigenvalue weighted by atomic mass is 10.2. The predicted molar refractivity (Wildman–Crippen MR) is 62.3 cm³/mol. The first-order valence-corrected chi connectivity index (χ1v) is 5.96. The van der Waals surface area contributed by atoms with Crippen LogP contribution in [0.2, 0.25) is 0 Å². The Balaban J connectivity index is 1.91. The summed E-state index contributed by atoms with van der Waals surface area (Å²) >= 11 is 0. The molecule has 0 saturated carbocycles. The van der Waals surface area contributed by atoms with Crippen LogP contribution in [0.5, 0.6) is 0 Å². The van der Waals surface area contributed by atoms with Crippen LogP contribution < -0.4 is 10.2 Å². The average Bonchev–Trinajstić information content (AvgIpc) is 2.83. The van der Waals surface area contributed by atoms with E-state index in [0.29, 0.717) is 24.5 Å². The van der Waals surface area contributed by atoms with Gasteiger partial charge in [-0.1, -0.05) is 25.9 Å². The fourth-order valence-electron chi connectivity index (χ4n) is 1.84. The van der Waals surface area contributed by atoms with Gasteiger partial charge in [-0.3, -0.25) is 0 Å². The van der Waals surface area contributed by atoms with Gasteiger partial charge in [0.25, 0.3) is 0 Å². The fraction of sp³-hybridized carbons (Fsp3) is 0.818. The Bertz CT molecular complexity index is 336. The van der Waals surface area contributed by atoms with Crippen LogP contribution in [-0.4, -0.2) is 29.3 Å². The lowest BCUT2D eigenvalue weighted by Gasteiger charge is -2.11. The van der Waals surface area contributed by atoms with Crippen LogP contribution in [0.25, 0.3) is 0 Å². The van der Waals surface area contributed by atoms with E-state index in [4.69, 9.17) is 4.42 Å². The SMILES string of the molecule is CC1CCN(c2nnc(CNC(C)C)o2)C1. The van der Waals surface area contributed by atoms with Crippen molar-refractivity contribution >= 4 is 6.01 Å². The Morgan fingerprint density at radius 3 is 2.94 bits per heavy atom. The highest BCUT2D eigenvalue weighted by Gasteiger charge is 2.23. The molecule has 90 valence electrons. The van der Waals surface area contributed by atoms with Gasteiger partial charge in [-0.05, 0) is 12.3 Å². The Hall–Kier alpha value is -1.10. The summed E-state index contributed by atoms with van der Waals surface area (Å²) in [6.07, 6.45) is 1.21. The van der Waals surface area contributed by atoms with E-state index in [2.05, 4.69) is 41.2 Å². The summed E-state index contributed by atoms with van der Waals surface area (Å²) in [6.45, 7) is 9.14. The molecule has 1 saturated heterocycles. The predicted octanol–water partition coefficient (Wildman–Crippen LogP) is 1.41. The molecule has 1 unspecified atom stereocenters. The average molecular weight is 224 g/mol. The van der Waals surface area contributed by atoms with Gasteiger partial charge in [0.05, 0.1) is 6.54 Å². The molecule has 1 atom stereocenters. The van der Waals surface area contributed by atoms with E-state index in [-0.39, 0.29) is 0 Å². The molecule has 2 rings (SSSR count). The van der Waals surface area contributed by atoms with E-state index in [1.807, 2.05) is 0 Å². The lowest BCUT2D eigenvalue weighted by Crippen LogP contribution is -2.22. The van der Waals surface area contributed by atoms with Crippen LogP contribution in [0.3, 0.4) is 0 Å². The minimum Gasteiger partial charge on any atom is -0.407 e. The van der Waals surface area contributed by atoms with Gasteiger partial charge in [-0.2, -0.15) is 0 Å². The zero-order valence-electron chi connectivity index (χ0n) is 10.2. The van der Waals surface area contributed by atoms with Gasteiger partial charge in [0.1, 0.15) is 0 Å². The lowest BCUT2D eigenvalue weighted by molar-refractivity contribution is 0.449. The van der Waals surface area contributed by atoms with E-state index in [9.17, 15) is 0 Å². The first-order chi connectivity index (χ1) is 7.65. The maximum atomic E-state index is 5.61. The summed E-state index contributed by atoms with van der Waals surface area (Å²) in [7, 11) is 0. The quantitative estimate of drug-likeness (QED) is 0.838. The zero-order valence-corrected chi connectivity index (χ0v) is 10.2. The minimum absolute atomic E-state index is 0.433. The Morgan fingerprint density at radius 2 is 2.31 bits per heavy atom. The summed E-state index contributed by atoms with van der Waals surface area (Å²) in [6, 6.07) is 1.10. The maximum absolute atomic E-state index is 5.61. The molecule has 5 heteroatoms. The summed E-state index contributed by atoms with van der Waals surface area (Å²) in [5.41, 5.74) is 0. The summed E-state index contributed by atoms with van der Waals surface area (Å²) in [4.78, 5) is 2.16. The van der Waals surface area contributed by atoms with Crippen LogP contribution in [0.1, 0.15) is 33.1 Å². The van der Waals surface area contributed by atoms with Crippen molar-refractivity contribution in [2.75, 3.05) is 18.0 Å². The van der Waals surface area contributed by atoms with E-state index in [1.54, 1.807) is 0 Å². The van der Waals surface area contributed by atoms with Gasteiger partial charge < -0.3 is 14.6 Å². The first-order valence-electron chi connectivity index (χ1n) is 5.96. The Labute approximate surface area is 96.2 Å². The van der Waals surface area contributed by atoms with Gasteiger partial charge in [0.15, 0.2) is 0 Å². The molecule has 0 bridgehead atoms. The van der Waals surface area contributed by atoms with E-state index >= 15 is 0 Å². The van der Waals surface area contributed by atoms with Crippen LogP contribution in [0.4, 0.5) is 6.01 Å². The summed E-state index contributed by atoms with van der Waals surface area (Å²) in [5.74, 6) is 1.40. The zero-order chi connectivity index (χ0) is 11.5.